The summed E-state index contributed by atoms with van der Waals surface area (Å²) >= 11 is 0. The van der Waals surface area contributed by atoms with Gasteiger partial charge in [0.1, 0.15) is 43.1 Å². The first-order valence-electron chi connectivity index (χ1n) is 10.1. The zero-order chi connectivity index (χ0) is 21.8. The second-order valence-electron chi connectivity index (χ2n) is 7.16. The second-order valence-corrected chi connectivity index (χ2v) is 7.16. The van der Waals surface area contributed by atoms with Gasteiger partial charge in [-0.2, -0.15) is 0 Å². The fourth-order valence-corrected chi connectivity index (χ4v) is 3.37. The molecule has 0 aliphatic rings. The van der Waals surface area contributed by atoms with Gasteiger partial charge in [-0.25, -0.2) is 9.97 Å². The van der Waals surface area contributed by atoms with Crippen LogP contribution in [0.4, 0.5) is 11.5 Å². The van der Waals surface area contributed by atoms with Crippen molar-refractivity contribution in [1.29, 1.82) is 0 Å². The summed E-state index contributed by atoms with van der Waals surface area (Å²) in [5, 5.41) is 13.5. The molecule has 166 valence electrons. The number of para-hydroxylation sites is 2. The quantitative estimate of drug-likeness (QED) is 0.330. The molecule has 0 fully saturated rings. The Morgan fingerprint density at radius 2 is 1.76 bits per heavy atom. The molecule has 7 nitrogen and oxygen atoms in total. The molecule has 0 aliphatic carbocycles. The average molecular weight is 461 g/mol. The van der Waals surface area contributed by atoms with Gasteiger partial charge in [-0.15, -0.1) is 12.4 Å². The minimum atomic E-state index is -0.163. The number of rotatable bonds is 7. The predicted molar refractivity (Wildman–Crippen MR) is 129 cm³/mol. The molecular formula is C25H21ClN4O3. The highest BCUT2D eigenvalue weighted by Crippen LogP contribution is 2.31. The lowest BCUT2D eigenvalue weighted by molar-refractivity contribution is 0.247. The van der Waals surface area contributed by atoms with Crippen LogP contribution in [0, 0.1) is 0 Å². The van der Waals surface area contributed by atoms with Crippen LogP contribution < -0.4 is 10.1 Å². The number of anilines is 2. The molecule has 0 bridgehead atoms. The predicted octanol–water partition coefficient (Wildman–Crippen LogP) is 5.52. The molecule has 0 saturated carbocycles. The fourth-order valence-electron chi connectivity index (χ4n) is 3.37. The smallest absolute Gasteiger partial charge is 0.143 e. The SMILES string of the molecule is Cl.OCc1cc(-c2cc3c(Nc4ccccc4OCc4ccccc4)ncnc3cn2)co1. The summed E-state index contributed by atoms with van der Waals surface area (Å²) in [6, 6.07) is 21.4. The number of nitrogens with zero attached hydrogens (tertiary/aromatic N) is 3. The van der Waals surface area contributed by atoms with Gasteiger partial charge in [-0.1, -0.05) is 42.5 Å². The van der Waals surface area contributed by atoms with Crippen molar-refractivity contribution in [3.05, 3.63) is 96.8 Å². The Kier molecular flexibility index (Phi) is 6.83. The Hall–Kier alpha value is -3.94. The Morgan fingerprint density at radius 1 is 0.939 bits per heavy atom. The molecular weight excluding hydrogens is 440 g/mol. The van der Waals surface area contributed by atoms with Gasteiger partial charge in [-0.05, 0) is 29.8 Å². The Balaban J connectivity index is 0.00000259. The molecule has 2 aromatic carbocycles. The molecule has 0 unspecified atom stereocenters. The van der Waals surface area contributed by atoms with Crippen molar-refractivity contribution in [1.82, 2.24) is 15.0 Å². The van der Waals surface area contributed by atoms with Crippen molar-refractivity contribution in [2.45, 2.75) is 13.2 Å². The van der Waals surface area contributed by atoms with Gasteiger partial charge in [-0.3, -0.25) is 4.98 Å². The molecule has 8 heteroatoms. The van der Waals surface area contributed by atoms with Crippen molar-refractivity contribution in [2.75, 3.05) is 5.32 Å². The summed E-state index contributed by atoms with van der Waals surface area (Å²) in [7, 11) is 0. The van der Waals surface area contributed by atoms with Crippen molar-refractivity contribution >= 4 is 34.8 Å². The number of fused-ring (bicyclic) bond motifs is 1. The summed E-state index contributed by atoms with van der Waals surface area (Å²) < 4.78 is 11.4. The molecule has 0 atom stereocenters. The van der Waals surface area contributed by atoms with Crippen LogP contribution in [-0.2, 0) is 13.2 Å². The van der Waals surface area contributed by atoms with E-state index in [9.17, 15) is 5.11 Å². The first-order chi connectivity index (χ1) is 15.8. The first kappa shape index (κ1) is 22.3. The van der Waals surface area contributed by atoms with Gasteiger partial charge >= 0.3 is 0 Å². The summed E-state index contributed by atoms with van der Waals surface area (Å²) in [6.45, 7) is 0.301. The number of furan rings is 1. The molecule has 0 saturated heterocycles. The maximum atomic E-state index is 9.26. The molecule has 3 aromatic heterocycles. The lowest BCUT2D eigenvalue weighted by Gasteiger charge is -2.14. The zero-order valence-corrected chi connectivity index (χ0v) is 18.3. The highest BCUT2D eigenvalue weighted by molar-refractivity contribution is 5.92. The fraction of sp³-hybridized carbons (Fsp3) is 0.0800. The van der Waals surface area contributed by atoms with E-state index in [1.807, 2.05) is 60.7 Å². The molecule has 5 rings (SSSR count). The van der Waals surface area contributed by atoms with E-state index in [0.29, 0.717) is 29.4 Å². The molecule has 0 radical (unpaired) electrons. The van der Waals surface area contributed by atoms with Gasteiger partial charge < -0.3 is 19.6 Å². The van der Waals surface area contributed by atoms with Crippen molar-refractivity contribution in [3.8, 4) is 17.0 Å². The number of hydrogen-bond acceptors (Lipinski definition) is 7. The van der Waals surface area contributed by atoms with E-state index >= 15 is 0 Å². The number of aliphatic hydroxyl groups is 1. The normalized spacial score (nSPS) is 10.6. The van der Waals surface area contributed by atoms with Crippen molar-refractivity contribution < 1.29 is 14.3 Å². The molecule has 33 heavy (non-hydrogen) atoms. The molecule has 0 aliphatic heterocycles. The third-order valence-corrected chi connectivity index (χ3v) is 5.00. The largest absolute Gasteiger partial charge is 0.487 e. The summed E-state index contributed by atoms with van der Waals surface area (Å²) in [4.78, 5) is 13.2. The van der Waals surface area contributed by atoms with Crippen LogP contribution in [-0.4, -0.2) is 20.1 Å². The van der Waals surface area contributed by atoms with Crippen LogP contribution >= 0.6 is 12.4 Å². The molecule has 5 aromatic rings. The van der Waals surface area contributed by atoms with Gasteiger partial charge in [0.2, 0.25) is 0 Å². The maximum Gasteiger partial charge on any atom is 0.143 e. The summed E-state index contributed by atoms with van der Waals surface area (Å²) in [6.07, 6.45) is 4.77. The number of benzene rings is 2. The topological polar surface area (TPSA) is 93.3 Å². The molecule has 2 N–H and O–H groups in total. The van der Waals surface area contributed by atoms with Crippen LogP contribution in [0.25, 0.3) is 22.2 Å². The van der Waals surface area contributed by atoms with Gasteiger partial charge in [0.05, 0.1) is 23.1 Å². The summed E-state index contributed by atoms with van der Waals surface area (Å²) in [5.74, 6) is 1.84. The van der Waals surface area contributed by atoms with E-state index in [-0.39, 0.29) is 19.0 Å². The number of pyridine rings is 1. The van der Waals surface area contributed by atoms with E-state index < -0.39 is 0 Å². The van der Waals surface area contributed by atoms with Gasteiger partial charge in [0.15, 0.2) is 0 Å². The number of nitrogens with one attached hydrogen (secondary N) is 1. The number of ether oxygens (including phenoxy) is 1. The van der Waals surface area contributed by atoms with E-state index in [2.05, 4.69) is 20.3 Å². The first-order valence-corrected chi connectivity index (χ1v) is 10.1. The highest BCUT2D eigenvalue weighted by Gasteiger charge is 2.12. The Morgan fingerprint density at radius 3 is 2.58 bits per heavy atom. The van der Waals surface area contributed by atoms with E-state index in [1.165, 1.54) is 6.33 Å². The van der Waals surface area contributed by atoms with E-state index in [0.717, 1.165) is 28.0 Å². The number of hydrogen-bond donors (Lipinski definition) is 2. The minimum Gasteiger partial charge on any atom is -0.487 e. The van der Waals surface area contributed by atoms with Crippen LogP contribution in [0.2, 0.25) is 0 Å². The zero-order valence-electron chi connectivity index (χ0n) is 17.5. The van der Waals surface area contributed by atoms with E-state index in [1.54, 1.807) is 18.5 Å². The molecule has 0 amide bonds. The van der Waals surface area contributed by atoms with E-state index in [4.69, 9.17) is 9.15 Å². The average Bonchev–Trinajstić information content (AvgIpc) is 3.34. The Bertz CT molecular complexity index is 1360. The van der Waals surface area contributed by atoms with Crippen molar-refractivity contribution in [2.24, 2.45) is 0 Å². The lowest BCUT2D eigenvalue weighted by Crippen LogP contribution is -2.01. The number of aromatic nitrogens is 3. The second kappa shape index (κ2) is 10.1. The standard InChI is InChI=1S/C25H20N4O3.ClH/c30-13-19-10-18(15-31-19)22-11-20-23(12-26-22)27-16-28-25(20)29-21-8-4-5-9-24(21)32-14-17-6-2-1-3-7-17;/h1-12,15-16,30H,13-14H2,(H,27,28,29);1H. The van der Waals surface area contributed by atoms with Crippen molar-refractivity contribution in [3.63, 3.8) is 0 Å². The Labute approximate surface area is 196 Å². The maximum absolute atomic E-state index is 9.26. The monoisotopic (exact) mass is 460 g/mol. The van der Waals surface area contributed by atoms with Crippen LogP contribution in [0.3, 0.4) is 0 Å². The number of aliphatic hydroxyl groups excluding tert-OH is 1. The summed E-state index contributed by atoms with van der Waals surface area (Å²) in [5.41, 5.74) is 4.07. The third-order valence-electron chi connectivity index (χ3n) is 5.00. The van der Waals surface area contributed by atoms with Crippen LogP contribution in [0.1, 0.15) is 11.3 Å². The minimum absolute atomic E-state index is 0. The van der Waals surface area contributed by atoms with Gasteiger partial charge in [0.25, 0.3) is 0 Å². The molecule has 3 heterocycles. The van der Waals surface area contributed by atoms with Gasteiger partial charge in [0, 0.05) is 10.9 Å². The lowest BCUT2D eigenvalue weighted by atomic mass is 10.1. The molecule has 0 spiro atoms. The number of halogens is 1. The van der Waals surface area contributed by atoms with Crippen LogP contribution in [0.5, 0.6) is 5.75 Å². The third kappa shape index (κ3) is 4.95. The van der Waals surface area contributed by atoms with Crippen LogP contribution in [0.15, 0.2) is 89.9 Å². The highest BCUT2D eigenvalue weighted by atomic mass is 35.5.